The van der Waals surface area contributed by atoms with Crippen molar-refractivity contribution in [2.75, 3.05) is 5.75 Å². The highest BCUT2D eigenvalue weighted by Crippen LogP contribution is 2.18. The van der Waals surface area contributed by atoms with Gasteiger partial charge in [0.15, 0.2) is 0 Å². The van der Waals surface area contributed by atoms with Gasteiger partial charge in [-0.1, -0.05) is 42.5 Å². The molecule has 1 amide bonds. The van der Waals surface area contributed by atoms with Crippen molar-refractivity contribution >= 4 is 17.7 Å². The van der Waals surface area contributed by atoms with Crippen LogP contribution in [0.15, 0.2) is 59.5 Å². The van der Waals surface area contributed by atoms with Crippen molar-refractivity contribution in [3.05, 3.63) is 65.7 Å². The van der Waals surface area contributed by atoms with Gasteiger partial charge in [-0.2, -0.15) is 0 Å². The number of carbonyl (C=O) groups is 1. The molecule has 2 aromatic rings. The molecule has 0 aliphatic rings. The first-order valence-electron chi connectivity index (χ1n) is 6.50. The van der Waals surface area contributed by atoms with E-state index in [4.69, 9.17) is 5.73 Å². The van der Waals surface area contributed by atoms with Gasteiger partial charge in [0.1, 0.15) is 0 Å². The van der Waals surface area contributed by atoms with Gasteiger partial charge in [-0.25, -0.2) is 0 Å². The highest BCUT2D eigenvalue weighted by Gasteiger charge is 2.03. The third-order valence-electron chi connectivity index (χ3n) is 2.84. The molecule has 0 aliphatic heterocycles. The van der Waals surface area contributed by atoms with Crippen LogP contribution < -0.4 is 11.1 Å². The predicted molar refractivity (Wildman–Crippen MR) is 83.3 cm³/mol. The molecule has 2 aromatic carbocycles. The Morgan fingerprint density at radius 3 is 2.55 bits per heavy atom. The molecule has 0 aliphatic carbocycles. The van der Waals surface area contributed by atoms with Crippen LogP contribution in [0.5, 0.6) is 0 Å². The van der Waals surface area contributed by atoms with Crippen molar-refractivity contribution in [2.24, 2.45) is 5.73 Å². The van der Waals surface area contributed by atoms with E-state index >= 15 is 0 Å². The van der Waals surface area contributed by atoms with E-state index in [0.717, 1.165) is 16.0 Å². The molecule has 0 radical (unpaired) electrons. The Kier molecular flexibility index (Phi) is 5.65. The maximum absolute atomic E-state index is 11.8. The topological polar surface area (TPSA) is 55.1 Å². The normalized spacial score (nSPS) is 10.2. The Labute approximate surface area is 123 Å². The van der Waals surface area contributed by atoms with E-state index in [2.05, 4.69) is 5.32 Å². The molecule has 104 valence electrons. The molecule has 0 aromatic heterocycles. The first kappa shape index (κ1) is 14.6. The lowest BCUT2D eigenvalue weighted by Crippen LogP contribution is -2.24. The minimum atomic E-state index is 0.0389. The van der Waals surface area contributed by atoms with Crippen LogP contribution in [0.4, 0.5) is 0 Å². The zero-order chi connectivity index (χ0) is 14.2. The lowest BCUT2D eigenvalue weighted by Gasteiger charge is -2.06. The Bertz CT molecular complexity index is 557. The molecule has 0 saturated heterocycles. The Balaban J connectivity index is 1.77. The molecule has 0 fully saturated rings. The summed E-state index contributed by atoms with van der Waals surface area (Å²) in [5.41, 5.74) is 7.79. The summed E-state index contributed by atoms with van der Waals surface area (Å²) in [6.45, 7) is 1.09. The van der Waals surface area contributed by atoms with Crippen LogP contribution in [0.25, 0.3) is 0 Å². The maximum atomic E-state index is 11.8. The number of nitrogens with one attached hydrogen (secondary N) is 1. The number of amides is 1. The SMILES string of the molecule is NCc1cccc(SCC(=O)NCc2ccccc2)c1. The second-order valence-electron chi connectivity index (χ2n) is 4.40. The van der Waals surface area contributed by atoms with Crippen LogP contribution in [0.1, 0.15) is 11.1 Å². The Morgan fingerprint density at radius 2 is 1.80 bits per heavy atom. The molecule has 0 spiro atoms. The molecule has 0 heterocycles. The number of benzene rings is 2. The second-order valence-corrected chi connectivity index (χ2v) is 5.45. The average molecular weight is 286 g/mol. The summed E-state index contributed by atoms with van der Waals surface area (Å²) in [4.78, 5) is 12.9. The van der Waals surface area contributed by atoms with Gasteiger partial charge in [-0.15, -0.1) is 11.8 Å². The van der Waals surface area contributed by atoms with Crippen LogP contribution >= 0.6 is 11.8 Å². The molecule has 0 atom stereocenters. The molecule has 20 heavy (non-hydrogen) atoms. The van der Waals surface area contributed by atoms with Crippen LogP contribution in [0, 0.1) is 0 Å². The number of rotatable bonds is 6. The van der Waals surface area contributed by atoms with Gasteiger partial charge in [0.25, 0.3) is 0 Å². The van der Waals surface area contributed by atoms with Crippen LogP contribution in [-0.2, 0) is 17.9 Å². The average Bonchev–Trinajstić information content (AvgIpc) is 2.52. The third kappa shape index (κ3) is 4.72. The van der Waals surface area contributed by atoms with E-state index < -0.39 is 0 Å². The van der Waals surface area contributed by atoms with Gasteiger partial charge in [0.2, 0.25) is 5.91 Å². The fraction of sp³-hybridized carbons (Fsp3) is 0.188. The summed E-state index contributed by atoms with van der Waals surface area (Å²) >= 11 is 1.53. The number of hydrogen-bond acceptors (Lipinski definition) is 3. The predicted octanol–water partition coefficient (Wildman–Crippen LogP) is 2.55. The van der Waals surface area contributed by atoms with Gasteiger partial charge < -0.3 is 11.1 Å². The largest absolute Gasteiger partial charge is 0.351 e. The number of thioether (sulfide) groups is 1. The van der Waals surface area contributed by atoms with E-state index in [1.807, 2.05) is 54.6 Å². The molecule has 0 bridgehead atoms. The highest BCUT2D eigenvalue weighted by atomic mass is 32.2. The number of hydrogen-bond donors (Lipinski definition) is 2. The minimum Gasteiger partial charge on any atom is -0.351 e. The van der Waals surface area contributed by atoms with Crippen molar-refractivity contribution in [1.29, 1.82) is 0 Å². The molecular weight excluding hydrogens is 268 g/mol. The molecule has 3 N–H and O–H groups in total. The molecular formula is C16H18N2OS. The van der Waals surface area contributed by atoms with Crippen molar-refractivity contribution in [2.45, 2.75) is 18.0 Å². The van der Waals surface area contributed by atoms with Gasteiger partial charge in [-0.05, 0) is 23.3 Å². The summed E-state index contributed by atoms with van der Waals surface area (Å²) in [5.74, 6) is 0.456. The quantitative estimate of drug-likeness (QED) is 0.802. The number of carbonyl (C=O) groups excluding carboxylic acids is 1. The van der Waals surface area contributed by atoms with E-state index in [1.165, 1.54) is 11.8 Å². The van der Waals surface area contributed by atoms with Crippen molar-refractivity contribution in [3.8, 4) is 0 Å². The standard InChI is InChI=1S/C16H18N2OS/c17-10-14-7-4-8-15(9-14)20-12-16(19)18-11-13-5-2-1-3-6-13/h1-9H,10-12,17H2,(H,18,19). The van der Waals surface area contributed by atoms with Crippen molar-refractivity contribution in [1.82, 2.24) is 5.32 Å². The summed E-state index contributed by atoms with van der Waals surface area (Å²) in [7, 11) is 0. The summed E-state index contributed by atoms with van der Waals surface area (Å²) in [6, 6.07) is 17.9. The molecule has 2 rings (SSSR count). The van der Waals surface area contributed by atoms with Gasteiger partial charge in [0, 0.05) is 18.0 Å². The summed E-state index contributed by atoms with van der Waals surface area (Å²) in [6.07, 6.45) is 0. The first-order valence-corrected chi connectivity index (χ1v) is 7.49. The van der Waals surface area contributed by atoms with Crippen LogP contribution in [0.2, 0.25) is 0 Å². The minimum absolute atomic E-state index is 0.0389. The molecule has 4 heteroatoms. The highest BCUT2D eigenvalue weighted by molar-refractivity contribution is 8.00. The zero-order valence-corrected chi connectivity index (χ0v) is 12.0. The monoisotopic (exact) mass is 286 g/mol. The maximum Gasteiger partial charge on any atom is 0.230 e. The molecule has 0 saturated carbocycles. The lowest BCUT2D eigenvalue weighted by molar-refractivity contribution is -0.118. The van der Waals surface area contributed by atoms with Crippen LogP contribution in [-0.4, -0.2) is 11.7 Å². The third-order valence-corrected chi connectivity index (χ3v) is 3.83. The smallest absolute Gasteiger partial charge is 0.230 e. The van der Waals surface area contributed by atoms with E-state index in [0.29, 0.717) is 18.8 Å². The van der Waals surface area contributed by atoms with Gasteiger partial charge in [0.05, 0.1) is 5.75 Å². The van der Waals surface area contributed by atoms with E-state index in [-0.39, 0.29) is 5.91 Å². The first-order chi connectivity index (χ1) is 9.78. The second kappa shape index (κ2) is 7.72. The Hall–Kier alpha value is -1.78. The fourth-order valence-electron chi connectivity index (χ4n) is 1.76. The summed E-state index contributed by atoms with van der Waals surface area (Å²) < 4.78 is 0. The van der Waals surface area contributed by atoms with Gasteiger partial charge >= 0.3 is 0 Å². The zero-order valence-electron chi connectivity index (χ0n) is 11.2. The molecule has 3 nitrogen and oxygen atoms in total. The molecule has 0 unspecified atom stereocenters. The van der Waals surface area contributed by atoms with Gasteiger partial charge in [-0.3, -0.25) is 4.79 Å². The summed E-state index contributed by atoms with van der Waals surface area (Å²) in [5, 5.41) is 2.91. The van der Waals surface area contributed by atoms with Crippen LogP contribution in [0.3, 0.4) is 0 Å². The van der Waals surface area contributed by atoms with E-state index in [1.54, 1.807) is 0 Å². The van der Waals surface area contributed by atoms with Crippen molar-refractivity contribution in [3.63, 3.8) is 0 Å². The van der Waals surface area contributed by atoms with E-state index in [9.17, 15) is 4.79 Å². The lowest BCUT2D eigenvalue weighted by atomic mass is 10.2. The Morgan fingerprint density at radius 1 is 1.05 bits per heavy atom. The van der Waals surface area contributed by atoms with Crippen molar-refractivity contribution < 1.29 is 4.79 Å². The fourth-order valence-corrected chi connectivity index (χ4v) is 2.57. The number of nitrogens with two attached hydrogens (primary N) is 1.